The number of anilines is 2. The van der Waals surface area contributed by atoms with Crippen LogP contribution in [0.5, 0.6) is 0 Å². The molecule has 0 saturated carbocycles. The summed E-state index contributed by atoms with van der Waals surface area (Å²) in [5.74, 6) is -0.0846. The number of rotatable bonds is 4. The van der Waals surface area contributed by atoms with Crippen LogP contribution in [0.3, 0.4) is 0 Å². The maximum atomic E-state index is 11.0. The van der Waals surface area contributed by atoms with E-state index in [1.165, 1.54) is 0 Å². The molecule has 1 aromatic heterocycles. The highest BCUT2D eigenvalue weighted by molar-refractivity contribution is 6.29. The number of nitrogens with two attached hydrogens (primary N) is 1. The maximum Gasteiger partial charge on any atom is 0.325 e. The second-order valence-electron chi connectivity index (χ2n) is 2.73. The van der Waals surface area contributed by atoms with Gasteiger partial charge in [-0.1, -0.05) is 11.6 Å². The van der Waals surface area contributed by atoms with Gasteiger partial charge in [0.25, 0.3) is 0 Å². The highest BCUT2D eigenvalue weighted by Gasteiger charge is 2.04. The van der Waals surface area contributed by atoms with Crippen molar-refractivity contribution >= 4 is 29.1 Å². The molecule has 1 aromatic rings. The SMILES string of the molecule is CCOC(=O)CNc1ccc(Cl)nc1N. The standard InChI is InChI=1S/C9H12ClN3O2/c1-2-15-8(14)5-12-6-3-4-7(10)13-9(6)11/h3-4,12H,2,5H2,1H3,(H2,11,13). The summed E-state index contributed by atoms with van der Waals surface area (Å²) in [5, 5.41) is 3.12. The fourth-order valence-electron chi connectivity index (χ4n) is 0.979. The summed E-state index contributed by atoms with van der Waals surface area (Å²) >= 11 is 5.62. The highest BCUT2D eigenvalue weighted by Crippen LogP contribution is 2.17. The average molecular weight is 230 g/mol. The molecule has 0 amide bonds. The molecule has 0 aliphatic carbocycles. The topological polar surface area (TPSA) is 77.2 Å². The zero-order chi connectivity index (χ0) is 11.3. The van der Waals surface area contributed by atoms with Gasteiger partial charge in [-0.15, -0.1) is 0 Å². The van der Waals surface area contributed by atoms with Crippen LogP contribution in [0.15, 0.2) is 12.1 Å². The number of nitrogens with zero attached hydrogens (tertiary/aromatic N) is 1. The molecule has 0 aliphatic heterocycles. The quantitative estimate of drug-likeness (QED) is 0.601. The third-order valence-electron chi connectivity index (χ3n) is 1.62. The predicted molar refractivity (Wildman–Crippen MR) is 58.8 cm³/mol. The van der Waals surface area contributed by atoms with Gasteiger partial charge in [0.15, 0.2) is 0 Å². The van der Waals surface area contributed by atoms with E-state index >= 15 is 0 Å². The third-order valence-corrected chi connectivity index (χ3v) is 1.83. The van der Waals surface area contributed by atoms with Gasteiger partial charge in [-0.25, -0.2) is 4.98 Å². The molecule has 0 fully saturated rings. The van der Waals surface area contributed by atoms with Crippen LogP contribution in [0.25, 0.3) is 0 Å². The summed E-state index contributed by atoms with van der Waals surface area (Å²) in [6.07, 6.45) is 0. The van der Waals surface area contributed by atoms with Crippen LogP contribution in [0, 0.1) is 0 Å². The molecule has 6 heteroatoms. The fraction of sp³-hybridized carbons (Fsp3) is 0.333. The minimum absolute atomic E-state index is 0.0569. The molecule has 3 N–H and O–H groups in total. The lowest BCUT2D eigenvalue weighted by atomic mass is 10.4. The van der Waals surface area contributed by atoms with E-state index in [1.807, 2.05) is 0 Å². The Morgan fingerprint density at radius 1 is 1.67 bits per heavy atom. The molecule has 5 nitrogen and oxygen atoms in total. The van der Waals surface area contributed by atoms with Gasteiger partial charge in [-0.3, -0.25) is 4.79 Å². The lowest BCUT2D eigenvalue weighted by molar-refractivity contribution is -0.140. The Morgan fingerprint density at radius 2 is 2.40 bits per heavy atom. The zero-order valence-electron chi connectivity index (χ0n) is 8.29. The van der Waals surface area contributed by atoms with Gasteiger partial charge in [0.05, 0.1) is 12.3 Å². The van der Waals surface area contributed by atoms with E-state index in [4.69, 9.17) is 22.1 Å². The van der Waals surface area contributed by atoms with Crippen molar-refractivity contribution in [1.82, 2.24) is 4.98 Å². The molecule has 0 unspecified atom stereocenters. The summed E-state index contributed by atoms with van der Waals surface area (Å²) in [7, 11) is 0. The number of aromatic nitrogens is 1. The van der Waals surface area contributed by atoms with E-state index in [0.29, 0.717) is 17.4 Å². The largest absolute Gasteiger partial charge is 0.465 e. The fourth-order valence-corrected chi connectivity index (χ4v) is 1.13. The Kier molecular flexibility index (Phi) is 4.17. The molecule has 0 aliphatic rings. The van der Waals surface area contributed by atoms with Crippen LogP contribution >= 0.6 is 11.6 Å². The number of pyridine rings is 1. The minimum Gasteiger partial charge on any atom is -0.465 e. The predicted octanol–water partition coefficient (Wildman–Crippen LogP) is 1.29. The van der Waals surface area contributed by atoms with Crippen molar-refractivity contribution in [3.63, 3.8) is 0 Å². The first kappa shape index (κ1) is 11.6. The molecular formula is C9H12ClN3O2. The molecular weight excluding hydrogens is 218 g/mol. The Morgan fingerprint density at radius 3 is 3.00 bits per heavy atom. The number of carbonyl (C=O) groups excluding carboxylic acids is 1. The van der Waals surface area contributed by atoms with E-state index in [1.54, 1.807) is 19.1 Å². The van der Waals surface area contributed by atoms with Crippen LogP contribution in [-0.4, -0.2) is 24.1 Å². The van der Waals surface area contributed by atoms with Crippen molar-refractivity contribution in [2.24, 2.45) is 0 Å². The van der Waals surface area contributed by atoms with Gasteiger partial charge in [-0.2, -0.15) is 0 Å². The second kappa shape index (κ2) is 5.41. The first-order valence-electron chi connectivity index (χ1n) is 4.45. The lowest BCUT2D eigenvalue weighted by Gasteiger charge is -2.07. The Bertz CT molecular complexity index is 357. The number of ether oxygens (including phenoxy) is 1. The second-order valence-corrected chi connectivity index (χ2v) is 3.11. The summed E-state index contributed by atoms with van der Waals surface area (Å²) in [4.78, 5) is 14.8. The van der Waals surface area contributed by atoms with Crippen molar-refractivity contribution in [2.45, 2.75) is 6.92 Å². The third kappa shape index (κ3) is 3.63. The van der Waals surface area contributed by atoms with Crippen molar-refractivity contribution in [3.05, 3.63) is 17.3 Å². The monoisotopic (exact) mass is 229 g/mol. The molecule has 0 radical (unpaired) electrons. The number of nitrogens with one attached hydrogen (secondary N) is 1. The van der Waals surface area contributed by atoms with Crippen molar-refractivity contribution < 1.29 is 9.53 Å². The van der Waals surface area contributed by atoms with E-state index < -0.39 is 0 Å². The molecule has 0 aromatic carbocycles. The van der Waals surface area contributed by atoms with Crippen LogP contribution in [0.2, 0.25) is 5.15 Å². The zero-order valence-corrected chi connectivity index (χ0v) is 9.04. The van der Waals surface area contributed by atoms with Gasteiger partial charge >= 0.3 is 5.97 Å². The Balaban J connectivity index is 2.54. The van der Waals surface area contributed by atoms with Crippen molar-refractivity contribution in [2.75, 3.05) is 24.2 Å². The average Bonchev–Trinajstić information content (AvgIpc) is 2.17. The molecule has 0 bridgehead atoms. The number of halogens is 1. The molecule has 1 heterocycles. The normalized spacial score (nSPS) is 9.73. The number of hydrogen-bond acceptors (Lipinski definition) is 5. The maximum absolute atomic E-state index is 11.0. The number of carbonyl (C=O) groups is 1. The molecule has 0 spiro atoms. The number of nitrogen functional groups attached to an aromatic ring is 1. The van der Waals surface area contributed by atoms with E-state index in [-0.39, 0.29) is 18.3 Å². The number of esters is 1. The van der Waals surface area contributed by atoms with Crippen LogP contribution in [-0.2, 0) is 9.53 Å². The van der Waals surface area contributed by atoms with Crippen LogP contribution < -0.4 is 11.1 Å². The minimum atomic E-state index is -0.341. The van der Waals surface area contributed by atoms with Gasteiger partial charge in [0, 0.05) is 0 Å². The summed E-state index contributed by atoms with van der Waals surface area (Å²) in [6, 6.07) is 3.25. The first-order chi connectivity index (χ1) is 7.13. The summed E-state index contributed by atoms with van der Waals surface area (Å²) in [5.41, 5.74) is 6.13. The number of hydrogen-bond donors (Lipinski definition) is 2. The molecule has 1 rings (SSSR count). The van der Waals surface area contributed by atoms with Gasteiger partial charge in [-0.05, 0) is 19.1 Å². The molecule has 0 atom stereocenters. The van der Waals surface area contributed by atoms with Crippen molar-refractivity contribution in [3.8, 4) is 0 Å². The lowest BCUT2D eigenvalue weighted by Crippen LogP contribution is -2.17. The van der Waals surface area contributed by atoms with E-state index in [0.717, 1.165) is 0 Å². The summed E-state index contributed by atoms with van der Waals surface area (Å²) < 4.78 is 4.74. The van der Waals surface area contributed by atoms with E-state index in [9.17, 15) is 4.79 Å². The summed E-state index contributed by atoms with van der Waals surface area (Å²) in [6.45, 7) is 2.16. The van der Waals surface area contributed by atoms with Crippen molar-refractivity contribution in [1.29, 1.82) is 0 Å². The van der Waals surface area contributed by atoms with Gasteiger partial charge < -0.3 is 15.8 Å². The Labute approximate surface area is 92.6 Å². The van der Waals surface area contributed by atoms with Crippen LogP contribution in [0.4, 0.5) is 11.5 Å². The molecule has 15 heavy (non-hydrogen) atoms. The molecule has 0 saturated heterocycles. The van der Waals surface area contributed by atoms with Gasteiger partial charge in [0.1, 0.15) is 17.5 Å². The van der Waals surface area contributed by atoms with E-state index in [2.05, 4.69) is 10.3 Å². The first-order valence-corrected chi connectivity index (χ1v) is 4.82. The van der Waals surface area contributed by atoms with Crippen LogP contribution in [0.1, 0.15) is 6.92 Å². The molecule has 82 valence electrons. The highest BCUT2D eigenvalue weighted by atomic mass is 35.5. The van der Waals surface area contributed by atoms with Gasteiger partial charge in [0.2, 0.25) is 0 Å². The smallest absolute Gasteiger partial charge is 0.325 e. The Hall–Kier alpha value is -1.49.